The molecule has 1 amide bonds. The zero-order valence-electron chi connectivity index (χ0n) is 18.3. The molecule has 0 fully saturated rings. The fraction of sp³-hybridized carbons (Fsp3) is 0.240. The topological polar surface area (TPSA) is 75.3 Å². The third kappa shape index (κ3) is 5.73. The van der Waals surface area contributed by atoms with Crippen molar-refractivity contribution in [3.05, 3.63) is 95.1 Å². The highest BCUT2D eigenvalue weighted by molar-refractivity contribution is 7.92. The number of hydrogen-bond donors (Lipinski definition) is 2. The van der Waals surface area contributed by atoms with Gasteiger partial charge >= 0.3 is 0 Å². The van der Waals surface area contributed by atoms with Crippen molar-refractivity contribution in [2.75, 3.05) is 4.72 Å². The Morgan fingerprint density at radius 3 is 2.19 bits per heavy atom. The Balaban J connectivity index is 1.83. The van der Waals surface area contributed by atoms with Gasteiger partial charge in [0.05, 0.1) is 10.6 Å². The van der Waals surface area contributed by atoms with Crippen LogP contribution >= 0.6 is 0 Å². The van der Waals surface area contributed by atoms with E-state index in [1.807, 2.05) is 63.2 Å². The van der Waals surface area contributed by atoms with Gasteiger partial charge in [-0.25, -0.2) is 8.42 Å². The van der Waals surface area contributed by atoms with E-state index in [4.69, 9.17) is 0 Å². The summed E-state index contributed by atoms with van der Waals surface area (Å²) in [6.45, 7) is 7.45. The smallest absolute Gasteiger partial charge is 0.262 e. The molecular formula is C25H28N2O3S. The van der Waals surface area contributed by atoms with E-state index in [0.29, 0.717) is 23.2 Å². The van der Waals surface area contributed by atoms with Gasteiger partial charge in [-0.05, 0) is 69.0 Å². The highest BCUT2D eigenvalue weighted by atomic mass is 32.2. The normalized spacial score (nSPS) is 11.7. The fourth-order valence-electron chi connectivity index (χ4n) is 3.45. The SMILES string of the molecule is Cc1ccccc1NS(=O)(=O)c1cc(C(=O)NC(C)(C)Cc2ccccc2)ccc1C. The molecule has 0 radical (unpaired) electrons. The average molecular weight is 437 g/mol. The first-order valence-electron chi connectivity index (χ1n) is 10.1. The van der Waals surface area contributed by atoms with Gasteiger partial charge in [0.25, 0.3) is 15.9 Å². The van der Waals surface area contributed by atoms with Gasteiger partial charge in [-0.15, -0.1) is 0 Å². The molecule has 31 heavy (non-hydrogen) atoms. The maximum Gasteiger partial charge on any atom is 0.262 e. The van der Waals surface area contributed by atoms with Gasteiger partial charge in [0, 0.05) is 11.1 Å². The van der Waals surface area contributed by atoms with E-state index in [9.17, 15) is 13.2 Å². The van der Waals surface area contributed by atoms with Gasteiger partial charge in [0.1, 0.15) is 0 Å². The lowest BCUT2D eigenvalue weighted by molar-refractivity contribution is 0.0913. The molecule has 0 aliphatic heterocycles. The molecule has 3 rings (SSSR count). The number of anilines is 1. The summed E-state index contributed by atoms with van der Waals surface area (Å²) in [6.07, 6.45) is 0.658. The number of aryl methyl sites for hydroxylation is 2. The van der Waals surface area contributed by atoms with Crippen LogP contribution in [0, 0.1) is 13.8 Å². The van der Waals surface area contributed by atoms with Crippen LogP contribution < -0.4 is 10.0 Å². The molecule has 0 saturated heterocycles. The molecule has 162 valence electrons. The van der Waals surface area contributed by atoms with E-state index in [1.54, 1.807) is 31.2 Å². The Kier molecular flexibility index (Phi) is 6.51. The molecule has 6 heteroatoms. The van der Waals surface area contributed by atoms with Crippen molar-refractivity contribution in [1.29, 1.82) is 0 Å². The molecule has 5 nitrogen and oxygen atoms in total. The molecule has 0 atom stereocenters. The number of rotatable bonds is 7. The van der Waals surface area contributed by atoms with Crippen LogP contribution in [0.5, 0.6) is 0 Å². The Labute approximate surface area is 184 Å². The minimum atomic E-state index is -3.84. The quantitative estimate of drug-likeness (QED) is 0.556. The number of sulfonamides is 1. The number of nitrogens with one attached hydrogen (secondary N) is 2. The van der Waals surface area contributed by atoms with Gasteiger partial charge in [-0.1, -0.05) is 54.6 Å². The number of hydrogen-bond acceptors (Lipinski definition) is 3. The van der Waals surface area contributed by atoms with Crippen LogP contribution in [0.25, 0.3) is 0 Å². The first-order chi connectivity index (χ1) is 14.6. The highest BCUT2D eigenvalue weighted by Gasteiger charge is 2.24. The molecule has 3 aromatic rings. The molecule has 0 heterocycles. The first kappa shape index (κ1) is 22.6. The van der Waals surface area contributed by atoms with E-state index >= 15 is 0 Å². The van der Waals surface area contributed by atoms with Crippen molar-refractivity contribution in [2.45, 2.75) is 44.6 Å². The van der Waals surface area contributed by atoms with Crippen LogP contribution in [0.4, 0.5) is 5.69 Å². The Morgan fingerprint density at radius 1 is 0.871 bits per heavy atom. The van der Waals surface area contributed by atoms with Crippen LogP contribution in [-0.4, -0.2) is 19.9 Å². The Bertz CT molecular complexity index is 1190. The van der Waals surface area contributed by atoms with Crippen molar-refractivity contribution in [2.24, 2.45) is 0 Å². The largest absolute Gasteiger partial charge is 0.347 e. The van der Waals surface area contributed by atoms with Crippen LogP contribution in [0.3, 0.4) is 0 Å². The predicted octanol–water partition coefficient (Wildman–Crippen LogP) is 4.86. The van der Waals surface area contributed by atoms with Crippen LogP contribution in [0.15, 0.2) is 77.7 Å². The maximum absolute atomic E-state index is 13.0. The van der Waals surface area contributed by atoms with E-state index in [1.165, 1.54) is 6.07 Å². The summed E-state index contributed by atoms with van der Waals surface area (Å²) >= 11 is 0. The molecule has 0 aromatic heterocycles. The Morgan fingerprint density at radius 2 is 1.52 bits per heavy atom. The number of benzene rings is 3. The Hall–Kier alpha value is -3.12. The number of amides is 1. The lowest BCUT2D eigenvalue weighted by Gasteiger charge is -2.26. The molecule has 3 aromatic carbocycles. The molecule has 0 aliphatic carbocycles. The maximum atomic E-state index is 13.0. The second-order valence-corrected chi connectivity index (χ2v) is 10.1. The lowest BCUT2D eigenvalue weighted by Crippen LogP contribution is -2.45. The number of carbonyl (C=O) groups excluding carboxylic acids is 1. The summed E-state index contributed by atoms with van der Waals surface area (Å²) < 4.78 is 28.7. The summed E-state index contributed by atoms with van der Waals surface area (Å²) in [5, 5.41) is 3.02. The van der Waals surface area contributed by atoms with E-state index < -0.39 is 15.6 Å². The summed E-state index contributed by atoms with van der Waals surface area (Å²) in [6, 6.07) is 21.8. The second kappa shape index (κ2) is 8.94. The summed E-state index contributed by atoms with van der Waals surface area (Å²) in [4.78, 5) is 13.0. The minimum Gasteiger partial charge on any atom is -0.347 e. The molecule has 0 saturated carbocycles. The van der Waals surface area contributed by atoms with Crippen molar-refractivity contribution in [3.8, 4) is 0 Å². The van der Waals surface area contributed by atoms with E-state index in [2.05, 4.69) is 10.0 Å². The molecule has 2 N–H and O–H groups in total. The first-order valence-corrected chi connectivity index (χ1v) is 11.6. The van der Waals surface area contributed by atoms with Crippen molar-refractivity contribution in [1.82, 2.24) is 5.32 Å². The third-order valence-electron chi connectivity index (χ3n) is 5.07. The van der Waals surface area contributed by atoms with Crippen molar-refractivity contribution >= 4 is 21.6 Å². The van der Waals surface area contributed by atoms with Gasteiger partial charge < -0.3 is 5.32 Å². The minimum absolute atomic E-state index is 0.0873. The van der Waals surface area contributed by atoms with Crippen molar-refractivity contribution < 1.29 is 13.2 Å². The van der Waals surface area contributed by atoms with Gasteiger partial charge in [0.2, 0.25) is 0 Å². The van der Waals surface area contributed by atoms with Crippen molar-refractivity contribution in [3.63, 3.8) is 0 Å². The number of carbonyl (C=O) groups is 1. The van der Waals surface area contributed by atoms with Crippen LogP contribution in [-0.2, 0) is 16.4 Å². The lowest BCUT2D eigenvalue weighted by atomic mass is 9.94. The fourth-order valence-corrected chi connectivity index (χ4v) is 4.85. The summed E-state index contributed by atoms with van der Waals surface area (Å²) in [5.74, 6) is -0.312. The molecule has 0 spiro atoms. The van der Waals surface area contributed by atoms with Crippen LogP contribution in [0.1, 0.15) is 40.9 Å². The van der Waals surface area contributed by atoms with Crippen LogP contribution in [0.2, 0.25) is 0 Å². The number of para-hydroxylation sites is 1. The average Bonchev–Trinajstić information content (AvgIpc) is 2.69. The zero-order valence-corrected chi connectivity index (χ0v) is 19.1. The van der Waals surface area contributed by atoms with Gasteiger partial charge in [0.15, 0.2) is 0 Å². The molecule has 0 aliphatic rings. The molecule has 0 unspecified atom stereocenters. The molecular weight excluding hydrogens is 408 g/mol. The predicted molar refractivity (Wildman–Crippen MR) is 125 cm³/mol. The highest BCUT2D eigenvalue weighted by Crippen LogP contribution is 2.23. The third-order valence-corrected chi connectivity index (χ3v) is 6.58. The summed E-state index contributed by atoms with van der Waals surface area (Å²) in [7, 11) is -3.84. The van der Waals surface area contributed by atoms with E-state index in [-0.39, 0.29) is 10.8 Å². The second-order valence-electron chi connectivity index (χ2n) is 8.40. The zero-order chi connectivity index (χ0) is 22.6. The van der Waals surface area contributed by atoms with Gasteiger partial charge in [-0.3, -0.25) is 9.52 Å². The standard InChI is InChI=1S/C25H28N2O3S/c1-18-10-8-9-13-22(18)27-31(29,30)23-16-21(15-14-19(23)2)24(28)26-25(3,4)17-20-11-6-5-7-12-20/h5-16,27H,17H2,1-4H3,(H,26,28). The molecule has 0 bridgehead atoms. The monoisotopic (exact) mass is 436 g/mol. The van der Waals surface area contributed by atoms with E-state index in [0.717, 1.165) is 11.1 Å². The summed E-state index contributed by atoms with van der Waals surface area (Å²) in [5.41, 5.74) is 2.82. The van der Waals surface area contributed by atoms with Gasteiger partial charge in [-0.2, -0.15) is 0 Å².